The van der Waals surface area contributed by atoms with Gasteiger partial charge in [0.2, 0.25) is 0 Å². The summed E-state index contributed by atoms with van der Waals surface area (Å²) < 4.78 is 28.5. The number of ether oxygens (including phenoxy) is 5. The van der Waals surface area contributed by atoms with Gasteiger partial charge >= 0.3 is 0 Å². The molecule has 218 valence electrons. The Kier molecular flexibility index (Phi) is 9.67. The van der Waals surface area contributed by atoms with E-state index < -0.39 is 0 Å². The number of pyridine rings is 2. The van der Waals surface area contributed by atoms with Gasteiger partial charge in [0.15, 0.2) is 0 Å². The van der Waals surface area contributed by atoms with Crippen molar-refractivity contribution in [2.24, 2.45) is 0 Å². The van der Waals surface area contributed by atoms with Crippen LogP contribution in [0.3, 0.4) is 0 Å². The van der Waals surface area contributed by atoms with Crippen molar-refractivity contribution >= 4 is 0 Å². The zero-order valence-electron chi connectivity index (χ0n) is 24.0. The van der Waals surface area contributed by atoms with Crippen molar-refractivity contribution in [1.82, 2.24) is 9.97 Å². The van der Waals surface area contributed by atoms with E-state index in [2.05, 4.69) is 24.3 Å². The number of rotatable bonds is 0. The Morgan fingerprint density at radius 1 is 0.349 bits per heavy atom. The van der Waals surface area contributed by atoms with Crippen molar-refractivity contribution in [1.29, 1.82) is 0 Å². The van der Waals surface area contributed by atoms with Crippen LogP contribution in [0.5, 0.6) is 11.5 Å². The molecule has 2 aromatic heterocycles. The molecule has 4 aliphatic rings. The van der Waals surface area contributed by atoms with Crippen LogP contribution in [-0.2, 0) is 14.2 Å². The van der Waals surface area contributed by atoms with Crippen LogP contribution in [-0.4, -0.2) is 62.8 Å². The van der Waals surface area contributed by atoms with Crippen LogP contribution in [0.4, 0.5) is 0 Å². The molecule has 0 spiro atoms. The second kappa shape index (κ2) is 14.6. The van der Waals surface area contributed by atoms with Crippen LogP contribution < -0.4 is 9.47 Å². The molecule has 0 aliphatic carbocycles. The van der Waals surface area contributed by atoms with Crippen LogP contribution in [0.1, 0.15) is 0 Å². The molecule has 0 unspecified atom stereocenters. The minimum atomic E-state index is 0.465. The van der Waals surface area contributed by atoms with E-state index in [1.165, 1.54) is 0 Å². The SMILES string of the molecule is c1cc2cc(c1)-c1cccc(n1)-c1ccc(cc1)OCCOCCOCCOCCOc1ccc(cc1)-c1cccc-2n1. The third-order valence-corrected chi connectivity index (χ3v) is 6.99. The van der Waals surface area contributed by atoms with E-state index >= 15 is 0 Å². The summed E-state index contributed by atoms with van der Waals surface area (Å²) in [5, 5.41) is 0. The molecule has 0 N–H and O–H groups in total. The summed E-state index contributed by atoms with van der Waals surface area (Å²) in [6, 6.07) is 36.5. The maximum absolute atomic E-state index is 5.84. The Labute approximate surface area is 252 Å². The standard InChI is InChI=1S/C36H34N2O5/c1-4-29-26-30(5-1)36-9-3-7-34(38-36)28-12-16-32(17-13-28)43-25-23-41-21-19-39-18-20-40-22-24-42-31-14-10-27(11-15-31)33-6-2-8-35(29)37-33/h1-17,26H,18-25H2. The average molecular weight is 575 g/mol. The molecule has 43 heavy (non-hydrogen) atoms. The predicted molar refractivity (Wildman–Crippen MR) is 167 cm³/mol. The highest BCUT2D eigenvalue weighted by Crippen LogP contribution is 2.29. The molecular formula is C36H34N2O5. The highest BCUT2D eigenvalue weighted by molar-refractivity contribution is 5.73. The predicted octanol–water partition coefficient (Wildman–Crippen LogP) is 6.97. The Morgan fingerprint density at radius 2 is 0.698 bits per heavy atom. The monoisotopic (exact) mass is 574 g/mol. The summed E-state index contributed by atoms with van der Waals surface area (Å²) in [7, 11) is 0. The van der Waals surface area contributed by atoms with Crippen LogP contribution >= 0.6 is 0 Å². The summed E-state index contributed by atoms with van der Waals surface area (Å²) >= 11 is 0. The highest BCUT2D eigenvalue weighted by Gasteiger charge is 2.09. The van der Waals surface area contributed by atoms with Crippen LogP contribution in [0.2, 0.25) is 0 Å². The molecule has 0 amide bonds. The summed E-state index contributed by atoms with van der Waals surface area (Å²) in [6.07, 6.45) is 0. The summed E-state index contributed by atoms with van der Waals surface area (Å²) in [5.41, 5.74) is 7.70. The fraction of sp³-hybridized carbons (Fsp3) is 0.222. The van der Waals surface area contributed by atoms with E-state index in [9.17, 15) is 0 Å². The van der Waals surface area contributed by atoms with Gasteiger partial charge in [-0.15, -0.1) is 0 Å². The Morgan fingerprint density at radius 3 is 1.12 bits per heavy atom. The van der Waals surface area contributed by atoms with Gasteiger partial charge in [0.1, 0.15) is 24.7 Å². The lowest BCUT2D eigenvalue weighted by Crippen LogP contribution is -2.14. The van der Waals surface area contributed by atoms with E-state index in [-0.39, 0.29) is 0 Å². The minimum absolute atomic E-state index is 0.465. The van der Waals surface area contributed by atoms with Crippen LogP contribution in [0, 0.1) is 0 Å². The van der Waals surface area contributed by atoms with E-state index in [1.54, 1.807) is 0 Å². The molecule has 9 rings (SSSR count). The van der Waals surface area contributed by atoms with Gasteiger partial charge in [-0.1, -0.05) is 30.3 Å². The quantitative estimate of drug-likeness (QED) is 0.198. The molecule has 0 fully saturated rings. The molecule has 5 aromatic rings. The van der Waals surface area contributed by atoms with Crippen molar-refractivity contribution in [3.05, 3.63) is 109 Å². The van der Waals surface area contributed by atoms with E-state index in [0.29, 0.717) is 52.9 Å². The zero-order chi connectivity index (χ0) is 29.1. The first-order chi connectivity index (χ1) is 21.3. The normalized spacial score (nSPS) is 14.8. The van der Waals surface area contributed by atoms with E-state index in [0.717, 1.165) is 56.5 Å². The molecule has 7 nitrogen and oxygen atoms in total. The lowest BCUT2D eigenvalue weighted by Gasteiger charge is -2.11. The Hall–Kier alpha value is -4.56. The molecule has 3 aromatic carbocycles. The average Bonchev–Trinajstić information content (AvgIpc) is 3.07. The van der Waals surface area contributed by atoms with Gasteiger partial charge in [0, 0.05) is 22.3 Å². The van der Waals surface area contributed by atoms with Crippen molar-refractivity contribution in [2.45, 2.75) is 0 Å². The van der Waals surface area contributed by atoms with Crippen LogP contribution in [0.25, 0.3) is 45.0 Å². The zero-order valence-corrected chi connectivity index (χ0v) is 24.0. The van der Waals surface area contributed by atoms with Gasteiger partial charge in [0.25, 0.3) is 0 Å². The van der Waals surface area contributed by atoms with Gasteiger partial charge in [-0.2, -0.15) is 0 Å². The van der Waals surface area contributed by atoms with Gasteiger partial charge in [0.05, 0.1) is 62.4 Å². The smallest absolute Gasteiger partial charge is 0.119 e. The van der Waals surface area contributed by atoms with Crippen LogP contribution in [0.15, 0.2) is 109 Å². The maximum atomic E-state index is 5.84. The lowest BCUT2D eigenvalue weighted by atomic mass is 10.0. The third kappa shape index (κ3) is 7.84. The summed E-state index contributed by atoms with van der Waals surface area (Å²) in [6.45, 7) is 3.94. The minimum Gasteiger partial charge on any atom is -0.491 e. The van der Waals surface area contributed by atoms with E-state index in [1.807, 2.05) is 84.9 Å². The molecule has 0 atom stereocenters. The first-order valence-electron chi connectivity index (χ1n) is 14.6. The number of hydrogen-bond donors (Lipinski definition) is 0. The van der Waals surface area contributed by atoms with Crippen molar-refractivity contribution in [3.63, 3.8) is 0 Å². The molecule has 0 radical (unpaired) electrons. The molecule has 0 saturated heterocycles. The second-order valence-electron chi connectivity index (χ2n) is 9.98. The van der Waals surface area contributed by atoms with Gasteiger partial charge in [-0.25, -0.2) is 9.97 Å². The number of hydrogen-bond acceptors (Lipinski definition) is 7. The maximum Gasteiger partial charge on any atom is 0.119 e. The molecule has 6 heterocycles. The first kappa shape index (κ1) is 28.6. The van der Waals surface area contributed by atoms with Gasteiger partial charge < -0.3 is 23.7 Å². The molecule has 7 heteroatoms. The van der Waals surface area contributed by atoms with E-state index in [4.69, 9.17) is 33.7 Å². The fourth-order valence-electron chi connectivity index (χ4n) is 4.77. The lowest BCUT2D eigenvalue weighted by molar-refractivity contribution is 0.00499. The number of aromatic nitrogens is 2. The number of nitrogens with zero attached hydrogens (tertiary/aromatic N) is 2. The summed E-state index contributed by atoms with van der Waals surface area (Å²) in [5.74, 6) is 1.58. The van der Waals surface area contributed by atoms with Crippen molar-refractivity contribution in [3.8, 4) is 56.5 Å². The van der Waals surface area contributed by atoms with Crippen molar-refractivity contribution in [2.75, 3.05) is 52.9 Å². The van der Waals surface area contributed by atoms with Gasteiger partial charge in [-0.3, -0.25) is 0 Å². The Bertz CT molecular complexity index is 1490. The highest BCUT2D eigenvalue weighted by atomic mass is 16.6. The fourth-order valence-corrected chi connectivity index (χ4v) is 4.77. The molecule has 10 bridgehead atoms. The largest absolute Gasteiger partial charge is 0.491 e. The van der Waals surface area contributed by atoms with Gasteiger partial charge in [-0.05, 0) is 78.9 Å². The number of benzene rings is 3. The molecule has 0 saturated carbocycles. The Balaban J connectivity index is 1.24. The third-order valence-electron chi connectivity index (χ3n) is 6.99. The molecular weight excluding hydrogens is 540 g/mol. The first-order valence-corrected chi connectivity index (χ1v) is 14.6. The second-order valence-corrected chi connectivity index (χ2v) is 9.98. The summed E-state index contributed by atoms with van der Waals surface area (Å²) in [4.78, 5) is 9.95. The van der Waals surface area contributed by atoms with Crippen molar-refractivity contribution < 1.29 is 23.7 Å². The topological polar surface area (TPSA) is 71.9 Å². The molecule has 4 aliphatic heterocycles.